The molecule has 1 aromatic carbocycles. The number of amides is 1. The van der Waals surface area contributed by atoms with Crippen molar-refractivity contribution in [2.75, 3.05) is 19.6 Å². The van der Waals surface area contributed by atoms with Crippen LogP contribution in [0.15, 0.2) is 24.3 Å². The Labute approximate surface area is 95.7 Å². The number of rotatable bonds is 6. The van der Waals surface area contributed by atoms with E-state index in [-0.39, 0.29) is 11.7 Å². The summed E-state index contributed by atoms with van der Waals surface area (Å²) >= 11 is 0. The molecule has 0 bridgehead atoms. The fourth-order valence-electron chi connectivity index (χ4n) is 1.33. The minimum absolute atomic E-state index is 0.0153. The number of phenols is 1. The van der Waals surface area contributed by atoms with E-state index in [9.17, 15) is 9.90 Å². The molecule has 88 valence electrons. The third-order valence-corrected chi connectivity index (χ3v) is 2.16. The third kappa shape index (κ3) is 3.90. The van der Waals surface area contributed by atoms with Crippen molar-refractivity contribution in [2.24, 2.45) is 0 Å². The molecule has 0 aliphatic carbocycles. The van der Waals surface area contributed by atoms with Gasteiger partial charge in [-0.1, -0.05) is 19.1 Å². The maximum absolute atomic E-state index is 11.6. The van der Waals surface area contributed by atoms with Crippen molar-refractivity contribution in [1.82, 2.24) is 10.6 Å². The molecular formula is C12H18N2O2. The van der Waals surface area contributed by atoms with Crippen LogP contribution in [0.2, 0.25) is 0 Å². The van der Waals surface area contributed by atoms with E-state index in [1.54, 1.807) is 18.2 Å². The van der Waals surface area contributed by atoms with Crippen molar-refractivity contribution in [1.29, 1.82) is 0 Å². The molecule has 3 N–H and O–H groups in total. The Balaban J connectivity index is 2.33. The summed E-state index contributed by atoms with van der Waals surface area (Å²) in [6.07, 6.45) is 1.08. The zero-order valence-electron chi connectivity index (χ0n) is 9.49. The summed E-state index contributed by atoms with van der Waals surface area (Å²) in [5.74, 6) is -0.224. The lowest BCUT2D eigenvalue weighted by Gasteiger charge is -2.07. The van der Waals surface area contributed by atoms with Crippen LogP contribution in [0.1, 0.15) is 23.7 Å². The highest BCUT2D eigenvalue weighted by atomic mass is 16.3. The van der Waals surface area contributed by atoms with Crippen molar-refractivity contribution in [3.05, 3.63) is 29.8 Å². The Hall–Kier alpha value is -1.55. The SMILES string of the molecule is CCCNCCNC(=O)c1ccccc1O. The number of phenolic OH excluding ortho intramolecular Hbond substituents is 1. The van der Waals surface area contributed by atoms with Crippen LogP contribution in [0.4, 0.5) is 0 Å². The second-order valence-corrected chi connectivity index (χ2v) is 3.52. The molecule has 0 spiro atoms. The number of benzene rings is 1. The molecule has 0 saturated heterocycles. The topological polar surface area (TPSA) is 61.4 Å². The highest BCUT2D eigenvalue weighted by Gasteiger charge is 2.08. The largest absolute Gasteiger partial charge is 0.507 e. The molecular weight excluding hydrogens is 204 g/mol. The first kappa shape index (κ1) is 12.5. The zero-order chi connectivity index (χ0) is 11.8. The van der Waals surface area contributed by atoms with Gasteiger partial charge in [-0.3, -0.25) is 4.79 Å². The monoisotopic (exact) mass is 222 g/mol. The summed E-state index contributed by atoms with van der Waals surface area (Å²) in [5, 5.41) is 15.4. The lowest BCUT2D eigenvalue weighted by Crippen LogP contribution is -2.32. The lowest BCUT2D eigenvalue weighted by atomic mass is 10.2. The number of hydrogen-bond donors (Lipinski definition) is 3. The molecule has 16 heavy (non-hydrogen) atoms. The van der Waals surface area contributed by atoms with E-state index in [1.807, 2.05) is 0 Å². The normalized spacial score (nSPS) is 10.1. The van der Waals surface area contributed by atoms with Crippen molar-refractivity contribution < 1.29 is 9.90 Å². The predicted octanol–water partition coefficient (Wildman–Crippen LogP) is 1.12. The minimum Gasteiger partial charge on any atom is -0.507 e. The summed E-state index contributed by atoms with van der Waals surface area (Å²) in [6.45, 7) is 4.35. The van der Waals surface area contributed by atoms with Crippen LogP contribution in [0.3, 0.4) is 0 Å². The fraction of sp³-hybridized carbons (Fsp3) is 0.417. The number of carbonyl (C=O) groups is 1. The van der Waals surface area contributed by atoms with Gasteiger partial charge in [-0.05, 0) is 25.1 Å². The minimum atomic E-state index is -0.239. The molecule has 0 atom stereocenters. The summed E-state index contributed by atoms with van der Waals surface area (Å²) in [7, 11) is 0. The average Bonchev–Trinajstić information content (AvgIpc) is 2.29. The maximum atomic E-state index is 11.6. The van der Waals surface area contributed by atoms with E-state index in [1.165, 1.54) is 6.07 Å². The molecule has 1 amide bonds. The molecule has 0 saturated carbocycles. The van der Waals surface area contributed by atoms with Gasteiger partial charge in [-0.2, -0.15) is 0 Å². The smallest absolute Gasteiger partial charge is 0.255 e. The lowest BCUT2D eigenvalue weighted by molar-refractivity contribution is 0.0951. The molecule has 0 aliphatic rings. The van der Waals surface area contributed by atoms with Crippen molar-refractivity contribution >= 4 is 5.91 Å². The van der Waals surface area contributed by atoms with Crippen molar-refractivity contribution in [2.45, 2.75) is 13.3 Å². The van der Waals surface area contributed by atoms with Gasteiger partial charge in [0.15, 0.2) is 0 Å². The third-order valence-electron chi connectivity index (χ3n) is 2.16. The molecule has 1 rings (SSSR count). The molecule has 4 heteroatoms. The van der Waals surface area contributed by atoms with Gasteiger partial charge in [0.1, 0.15) is 5.75 Å². The summed E-state index contributed by atoms with van der Waals surface area (Å²) in [6, 6.07) is 6.52. The number of nitrogens with one attached hydrogen (secondary N) is 2. The standard InChI is InChI=1S/C12H18N2O2/c1-2-7-13-8-9-14-12(16)10-5-3-4-6-11(10)15/h3-6,13,15H,2,7-9H2,1H3,(H,14,16). The van der Waals surface area contributed by atoms with Crippen LogP contribution in [0, 0.1) is 0 Å². The Morgan fingerprint density at radius 3 is 2.69 bits per heavy atom. The van der Waals surface area contributed by atoms with Crippen LogP contribution in [0.25, 0.3) is 0 Å². The van der Waals surface area contributed by atoms with Gasteiger partial charge >= 0.3 is 0 Å². The Kier molecular flexibility index (Phi) is 5.36. The Morgan fingerprint density at radius 1 is 1.25 bits per heavy atom. The van der Waals surface area contributed by atoms with E-state index in [4.69, 9.17) is 0 Å². The van der Waals surface area contributed by atoms with Crippen LogP contribution in [0.5, 0.6) is 5.75 Å². The average molecular weight is 222 g/mol. The maximum Gasteiger partial charge on any atom is 0.255 e. The van der Waals surface area contributed by atoms with Gasteiger partial charge in [0.25, 0.3) is 5.91 Å². The van der Waals surface area contributed by atoms with Gasteiger partial charge < -0.3 is 15.7 Å². The van der Waals surface area contributed by atoms with Crippen LogP contribution >= 0.6 is 0 Å². The highest BCUT2D eigenvalue weighted by molar-refractivity contribution is 5.96. The molecule has 1 aromatic rings. The van der Waals surface area contributed by atoms with Crippen molar-refractivity contribution in [3.8, 4) is 5.75 Å². The summed E-state index contributed by atoms with van der Waals surface area (Å²) in [5.41, 5.74) is 0.318. The van der Waals surface area contributed by atoms with E-state index in [0.29, 0.717) is 12.1 Å². The molecule has 0 heterocycles. The molecule has 0 aromatic heterocycles. The first-order chi connectivity index (χ1) is 7.75. The number of para-hydroxylation sites is 1. The van der Waals surface area contributed by atoms with Gasteiger partial charge in [-0.25, -0.2) is 0 Å². The second kappa shape index (κ2) is 6.85. The molecule has 0 fully saturated rings. The summed E-state index contributed by atoms with van der Waals surface area (Å²) < 4.78 is 0. The number of aromatic hydroxyl groups is 1. The molecule has 0 radical (unpaired) electrons. The van der Waals surface area contributed by atoms with Gasteiger partial charge in [-0.15, -0.1) is 0 Å². The van der Waals surface area contributed by atoms with Crippen molar-refractivity contribution in [3.63, 3.8) is 0 Å². The van der Waals surface area contributed by atoms with E-state index in [0.717, 1.165) is 19.5 Å². The zero-order valence-corrected chi connectivity index (χ0v) is 9.49. The first-order valence-electron chi connectivity index (χ1n) is 5.52. The fourth-order valence-corrected chi connectivity index (χ4v) is 1.33. The van der Waals surface area contributed by atoms with Gasteiger partial charge in [0.2, 0.25) is 0 Å². The van der Waals surface area contributed by atoms with E-state index < -0.39 is 0 Å². The van der Waals surface area contributed by atoms with Crippen LogP contribution in [-0.4, -0.2) is 30.6 Å². The quantitative estimate of drug-likeness (QED) is 0.632. The first-order valence-corrected chi connectivity index (χ1v) is 5.52. The molecule has 4 nitrogen and oxygen atoms in total. The van der Waals surface area contributed by atoms with Gasteiger partial charge in [0.05, 0.1) is 5.56 Å². The Bertz CT molecular complexity index is 340. The van der Waals surface area contributed by atoms with E-state index >= 15 is 0 Å². The second-order valence-electron chi connectivity index (χ2n) is 3.52. The molecule has 0 unspecified atom stereocenters. The van der Waals surface area contributed by atoms with Crippen LogP contribution in [-0.2, 0) is 0 Å². The highest BCUT2D eigenvalue weighted by Crippen LogP contribution is 2.14. The van der Waals surface area contributed by atoms with Crippen LogP contribution < -0.4 is 10.6 Å². The molecule has 0 aliphatic heterocycles. The van der Waals surface area contributed by atoms with E-state index in [2.05, 4.69) is 17.6 Å². The number of carbonyl (C=O) groups excluding carboxylic acids is 1. The number of hydrogen-bond acceptors (Lipinski definition) is 3. The van der Waals surface area contributed by atoms with Gasteiger partial charge in [0, 0.05) is 13.1 Å². The predicted molar refractivity (Wildman–Crippen MR) is 63.6 cm³/mol. The Morgan fingerprint density at radius 2 is 2.00 bits per heavy atom. The summed E-state index contributed by atoms with van der Waals surface area (Å²) in [4.78, 5) is 11.6.